The minimum atomic E-state index is -0.497. The number of aryl methyl sites for hydroxylation is 1. The summed E-state index contributed by atoms with van der Waals surface area (Å²) in [5.41, 5.74) is 1.79. The van der Waals surface area contributed by atoms with E-state index in [-0.39, 0.29) is 11.6 Å². The van der Waals surface area contributed by atoms with Crippen LogP contribution in [0.5, 0.6) is 0 Å². The minimum Gasteiger partial charge on any atom is -0.374 e. The van der Waals surface area contributed by atoms with Crippen molar-refractivity contribution in [3.8, 4) is 6.07 Å². The Morgan fingerprint density at radius 2 is 2.00 bits per heavy atom. The Kier molecular flexibility index (Phi) is 4.48. The second-order valence-electron chi connectivity index (χ2n) is 7.48. The van der Waals surface area contributed by atoms with Crippen LogP contribution in [-0.2, 0) is 11.2 Å². The zero-order valence-electron chi connectivity index (χ0n) is 15.4. The van der Waals surface area contributed by atoms with Gasteiger partial charge in [-0.05, 0) is 62.3 Å². The molecule has 2 aromatic carbocycles. The van der Waals surface area contributed by atoms with Gasteiger partial charge in [-0.25, -0.2) is 0 Å². The quantitative estimate of drug-likeness (QED) is 0.792. The molecule has 6 heteroatoms. The summed E-state index contributed by atoms with van der Waals surface area (Å²) in [4.78, 5) is 24.4. The molecule has 1 aliphatic heterocycles. The Labute approximate surface area is 157 Å². The van der Waals surface area contributed by atoms with Gasteiger partial charge in [-0.15, -0.1) is 0 Å². The minimum absolute atomic E-state index is 0.0652. The van der Waals surface area contributed by atoms with E-state index in [1.165, 1.54) is 0 Å². The maximum atomic E-state index is 12.2. The Hall–Kier alpha value is -2.65. The molecule has 0 radical (unpaired) electrons. The van der Waals surface area contributed by atoms with Gasteiger partial charge >= 0.3 is 0 Å². The van der Waals surface area contributed by atoms with Crippen LogP contribution in [0.25, 0.3) is 0 Å². The Bertz CT molecular complexity index is 970. The van der Waals surface area contributed by atoms with Gasteiger partial charge in [0.2, 0.25) is 0 Å². The smallest absolute Gasteiger partial charge is 0.253 e. The van der Waals surface area contributed by atoms with Crippen molar-refractivity contribution in [1.29, 1.82) is 5.26 Å². The molecular formula is C21H23N3O3. The third kappa shape index (κ3) is 2.92. The predicted octanol–water partition coefficient (Wildman–Crippen LogP) is 2.97. The van der Waals surface area contributed by atoms with Crippen molar-refractivity contribution in [2.45, 2.75) is 57.1 Å². The monoisotopic (exact) mass is 365 g/mol. The third-order valence-electron chi connectivity index (χ3n) is 5.97. The molecule has 2 aliphatic rings. The fourth-order valence-electron chi connectivity index (χ4n) is 4.47. The second kappa shape index (κ2) is 6.82. The van der Waals surface area contributed by atoms with E-state index in [0.29, 0.717) is 16.9 Å². The van der Waals surface area contributed by atoms with Gasteiger partial charge in [0, 0.05) is 12.3 Å². The fraction of sp³-hybridized carbons (Fsp3) is 0.476. The van der Waals surface area contributed by atoms with Crippen molar-refractivity contribution in [2.24, 2.45) is 0 Å². The highest BCUT2D eigenvalue weighted by Crippen LogP contribution is 2.42. The van der Waals surface area contributed by atoms with Crippen molar-refractivity contribution < 1.29 is 4.74 Å². The summed E-state index contributed by atoms with van der Waals surface area (Å²) in [5.74, 6) is 0. The van der Waals surface area contributed by atoms with E-state index < -0.39 is 10.9 Å². The number of nitrogens with zero attached hydrogens (tertiary/aromatic N) is 1. The fourth-order valence-corrected chi connectivity index (χ4v) is 4.47. The molecule has 2 N–H and O–H groups in total. The number of anilines is 3. The van der Waals surface area contributed by atoms with Gasteiger partial charge in [0.1, 0.15) is 11.4 Å². The lowest BCUT2D eigenvalue weighted by molar-refractivity contribution is 0.00274. The van der Waals surface area contributed by atoms with E-state index in [2.05, 4.69) is 16.7 Å². The van der Waals surface area contributed by atoms with E-state index in [0.717, 1.165) is 56.4 Å². The number of ether oxygens (including phenoxy) is 1. The van der Waals surface area contributed by atoms with E-state index in [4.69, 9.17) is 10.00 Å². The lowest BCUT2D eigenvalue weighted by Gasteiger charge is -2.32. The molecule has 0 bridgehead atoms. The molecular weight excluding hydrogens is 342 g/mol. The summed E-state index contributed by atoms with van der Waals surface area (Å²) in [5, 5.41) is 15.5. The molecule has 1 spiro atoms. The van der Waals surface area contributed by atoms with E-state index >= 15 is 0 Å². The number of hydrogen-bond donors (Lipinski definition) is 2. The molecule has 0 aromatic heterocycles. The van der Waals surface area contributed by atoms with Crippen LogP contribution in [0.4, 0.5) is 17.1 Å². The summed E-state index contributed by atoms with van der Waals surface area (Å²) >= 11 is 0. The number of nitrogens with one attached hydrogen (secondary N) is 2. The Balaban J connectivity index is 1.60. The molecule has 0 amide bonds. The first-order valence-electron chi connectivity index (χ1n) is 9.62. The maximum Gasteiger partial charge on any atom is 0.253 e. The molecule has 27 heavy (non-hydrogen) atoms. The highest BCUT2D eigenvalue weighted by Gasteiger charge is 2.47. The van der Waals surface area contributed by atoms with Gasteiger partial charge in [-0.3, -0.25) is 9.59 Å². The molecule has 140 valence electrons. The van der Waals surface area contributed by atoms with Crippen LogP contribution in [0.15, 0.2) is 27.8 Å². The molecule has 1 saturated carbocycles. The lowest BCUT2D eigenvalue weighted by atomic mass is 9.93. The van der Waals surface area contributed by atoms with Crippen LogP contribution in [-0.4, -0.2) is 18.2 Å². The van der Waals surface area contributed by atoms with Gasteiger partial charge in [0.05, 0.1) is 23.3 Å². The van der Waals surface area contributed by atoms with Crippen molar-refractivity contribution >= 4 is 17.1 Å². The zero-order chi connectivity index (χ0) is 19.0. The van der Waals surface area contributed by atoms with Crippen LogP contribution in [0, 0.1) is 11.3 Å². The molecule has 2 atom stereocenters. The van der Waals surface area contributed by atoms with Gasteiger partial charge in [-0.1, -0.05) is 6.92 Å². The maximum absolute atomic E-state index is 12.2. The van der Waals surface area contributed by atoms with Crippen LogP contribution in [0.2, 0.25) is 0 Å². The first kappa shape index (κ1) is 17.7. The van der Waals surface area contributed by atoms with Crippen molar-refractivity contribution in [3.05, 3.63) is 49.8 Å². The molecule has 2 fully saturated rings. The Morgan fingerprint density at radius 3 is 2.70 bits per heavy atom. The van der Waals surface area contributed by atoms with Gasteiger partial charge in [-0.2, -0.15) is 5.26 Å². The molecule has 1 saturated heterocycles. The summed E-state index contributed by atoms with van der Waals surface area (Å²) in [6, 6.07) is 7.49. The molecule has 6 nitrogen and oxygen atoms in total. The van der Waals surface area contributed by atoms with Crippen molar-refractivity contribution in [1.82, 2.24) is 0 Å². The van der Waals surface area contributed by atoms with E-state index in [9.17, 15) is 9.59 Å². The number of benzene rings is 1. The highest BCUT2D eigenvalue weighted by molar-refractivity contribution is 5.80. The highest BCUT2D eigenvalue weighted by atomic mass is 16.5. The Morgan fingerprint density at radius 1 is 1.22 bits per heavy atom. The molecule has 0 unspecified atom stereocenters. The molecule has 4 rings (SSSR count). The van der Waals surface area contributed by atoms with Crippen molar-refractivity contribution in [2.75, 3.05) is 17.2 Å². The number of hydrogen-bond acceptors (Lipinski definition) is 6. The summed E-state index contributed by atoms with van der Waals surface area (Å²) in [7, 11) is 0. The first-order valence-corrected chi connectivity index (χ1v) is 9.62. The average Bonchev–Trinajstić information content (AvgIpc) is 3.34. The predicted molar refractivity (Wildman–Crippen MR) is 104 cm³/mol. The lowest BCUT2D eigenvalue weighted by Crippen LogP contribution is -2.46. The van der Waals surface area contributed by atoms with Crippen LogP contribution >= 0.6 is 0 Å². The van der Waals surface area contributed by atoms with E-state index in [1.54, 1.807) is 18.2 Å². The number of nitriles is 1. The molecule has 1 aliphatic carbocycles. The van der Waals surface area contributed by atoms with Gasteiger partial charge in [0.25, 0.3) is 10.9 Å². The van der Waals surface area contributed by atoms with Gasteiger partial charge < -0.3 is 15.4 Å². The van der Waals surface area contributed by atoms with Crippen LogP contribution < -0.4 is 21.5 Å². The topological polar surface area (TPSA) is 91.2 Å². The van der Waals surface area contributed by atoms with Crippen LogP contribution in [0.3, 0.4) is 0 Å². The first-order chi connectivity index (χ1) is 13.1. The third-order valence-corrected chi connectivity index (χ3v) is 5.97. The summed E-state index contributed by atoms with van der Waals surface area (Å²) < 4.78 is 6.03. The largest absolute Gasteiger partial charge is 0.374 e. The van der Waals surface area contributed by atoms with Crippen LogP contribution in [0.1, 0.15) is 50.2 Å². The second-order valence-corrected chi connectivity index (χ2v) is 7.48. The molecule has 2 aromatic rings. The summed E-state index contributed by atoms with van der Waals surface area (Å²) in [6.07, 6.45) is 5.76. The zero-order valence-corrected chi connectivity index (χ0v) is 15.4. The average molecular weight is 365 g/mol. The normalized spacial score (nSPS) is 24.4. The SMILES string of the molecule is CCc1cc(C#N)ccc1Nc1c(N[C@H]2CCC[C@]23CCCO3)c(=O)c1=O. The summed E-state index contributed by atoms with van der Waals surface area (Å²) in [6.45, 7) is 2.75. The molecule has 1 heterocycles. The number of rotatable bonds is 5. The van der Waals surface area contributed by atoms with Crippen molar-refractivity contribution in [3.63, 3.8) is 0 Å². The standard InChI is InChI=1S/C21H23N3O3/c1-2-14-11-13(12-22)6-7-15(14)23-17-18(20(26)19(17)25)24-16-5-3-8-21(16)9-4-10-27-21/h6-7,11,16,23-24H,2-5,8-10H2,1H3/t16-,21-/m0/s1. The van der Waals surface area contributed by atoms with E-state index in [1.807, 2.05) is 6.92 Å². The van der Waals surface area contributed by atoms with Gasteiger partial charge in [0.15, 0.2) is 0 Å².